The molecular weight excluding hydrogens is 173 g/mol. The summed E-state index contributed by atoms with van der Waals surface area (Å²) in [6.07, 6.45) is 3.68. The van der Waals surface area contributed by atoms with Crippen LogP contribution in [0.2, 0.25) is 0 Å². The summed E-state index contributed by atoms with van der Waals surface area (Å²) in [5.41, 5.74) is 0.987. The maximum atomic E-state index is 13.2. The van der Waals surface area contributed by atoms with Gasteiger partial charge in [-0.1, -0.05) is 0 Å². The molecule has 0 spiro atoms. The van der Waals surface area contributed by atoms with Crippen molar-refractivity contribution >= 4 is 22.7 Å². The van der Waals surface area contributed by atoms with Crippen LogP contribution in [0.25, 0.3) is 10.9 Å². The van der Waals surface area contributed by atoms with Gasteiger partial charge in [0.25, 0.3) is 0 Å². The third kappa shape index (κ3) is 1.10. The van der Waals surface area contributed by atoms with E-state index in [2.05, 4.69) is 4.98 Å². The van der Waals surface area contributed by atoms with E-state index < -0.39 is 0 Å². The van der Waals surface area contributed by atoms with Gasteiger partial charge in [0.2, 0.25) is 0 Å². The Labute approximate surface area is 74.0 Å². The van der Waals surface area contributed by atoms with Crippen molar-refractivity contribution in [3.8, 4) is 0 Å². The Morgan fingerprint density at radius 3 is 3.00 bits per heavy atom. The molecule has 2 rings (SSSR count). The standard InChI is InChI=1S/C9H8FNS/c1-12-9-5-8-6(2-3-11-8)4-7(9)10/h2-5,11H,1H3. The number of thioether (sulfide) groups is 1. The second kappa shape index (κ2) is 2.83. The number of H-pyrrole nitrogens is 1. The fourth-order valence-corrected chi connectivity index (χ4v) is 1.70. The fourth-order valence-electron chi connectivity index (χ4n) is 1.21. The van der Waals surface area contributed by atoms with E-state index in [9.17, 15) is 4.39 Å². The monoisotopic (exact) mass is 181 g/mol. The molecule has 2 aromatic rings. The number of fused-ring (bicyclic) bond motifs is 1. The molecule has 0 amide bonds. The second-order valence-corrected chi connectivity index (χ2v) is 3.40. The van der Waals surface area contributed by atoms with Crippen molar-refractivity contribution < 1.29 is 4.39 Å². The molecule has 3 heteroatoms. The van der Waals surface area contributed by atoms with Crippen molar-refractivity contribution in [1.29, 1.82) is 0 Å². The van der Waals surface area contributed by atoms with Crippen LogP contribution >= 0.6 is 11.8 Å². The zero-order chi connectivity index (χ0) is 8.55. The van der Waals surface area contributed by atoms with Gasteiger partial charge >= 0.3 is 0 Å². The number of hydrogen-bond donors (Lipinski definition) is 1. The predicted molar refractivity (Wildman–Crippen MR) is 50.0 cm³/mol. The number of aromatic nitrogens is 1. The highest BCUT2D eigenvalue weighted by Crippen LogP contribution is 2.24. The topological polar surface area (TPSA) is 15.8 Å². The summed E-state index contributed by atoms with van der Waals surface area (Å²) in [6.45, 7) is 0. The van der Waals surface area contributed by atoms with Crippen LogP contribution in [0, 0.1) is 5.82 Å². The summed E-state index contributed by atoms with van der Waals surface area (Å²) in [5.74, 6) is -0.144. The largest absolute Gasteiger partial charge is 0.361 e. The molecule has 0 aliphatic carbocycles. The third-order valence-electron chi connectivity index (χ3n) is 1.83. The Morgan fingerprint density at radius 1 is 1.42 bits per heavy atom. The SMILES string of the molecule is CSc1cc2[nH]ccc2cc1F. The summed E-state index contributed by atoms with van der Waals surface area (Å²) in [4.78, 5) is 3.73. The van der Waals surface area contributed by atoms with Crippen molar-refractivity contribution in [2.24, 2.45) is 0 Å². The number of benzene rings is 1. The predicted octanol–water partition coefficient (Wildman–Crippen LogP) is 3.03. The lowest BCUT2D eigenvalue weighted by Gasteiger charge is -1.98. The van der Waals surface area contributed by atoms with Gasteiger partial charge < -0.3 is 4.98 Å². The summed E-state index contributed by atoms with van der Waals surface area (Å²) in [7, 11) is 0. The maximum Gasteiger partial charge on any atom is 0.137 e. The van der Waals surface area contributed by atoms with Crippen molar-refractivity contribution in [3.63, 3.8) is 0 Å². The van der Waals surface area contributed by atoms with E-state index in [4.69, 9.17) is 0 Å². The van der Waals surface area contributed by atoms with Gasteiger partial charge in [-0.25, -0.2) is 4.39 Å². The first-order chi connectivity index (χ1) is 5.81. The smallest absolute Gasteiger partial charge is 0.137 e. The van der Waals surface area contributed by atoms with Crippen molar-refractivity contribution in [2.75, 3.05) is 6.26 Å². The second-order valence-electron chi connectivity index (χ2n) is 2.55. The van der Waals surface area contributed by atoms with E-state index in [0.717, 1.165) is 10.9 Å². The molecule has 0 radical (unpaired) electrons. The Bertz CT molecular complexity index is 408. The summed E-state index contributed by atoms with van der Waals surface area (Å²) < 4.78 is 13.2. The molecule has 1 nitrogen and oxygen atoms in total. The van der Waals surface area contributed by atoms with Crippen LogP contribution in [-0.2, 0) is 0 Å². The molecule has 0 saturated carbocycles. The molecule has 1 heterocycles. The highest BCUT2D eigenvalue weighted by molar-refractivity contribution is 7.98. The molecule has 1 N–H and O–H groups in total. The molecule has 0 saturated heterocycles. The highest BCUT2D eigenvalue weighted by atomic mass is 32.2. The third-order valence-corrected chi connectivity index (χ3v) is 2.58. The van der Waals surface area contributed by atoms with Crippen molar-refractivity contribution in [1.82, 2.24) is 4.98 Å². The van der Waals surface area contributed by atoms with Gasteiger partial charge in [-0.2, -0.15) is 0 Å². The molecular formula is C9H8FNS. The van der Waals surface area contributed by atoms with Gasteiger partial charge in [0.05, 0.1) is 0 Å². The van der Waals surface area contributed by atoms with E-state index in [1.807, 2.05) is 24.6 Å². The first-order valence-electron chi connectivity index (χ1n) is 3.62. The highest BCUT2D eigenvalue weighted by Gasteiger charge is 2.03. The van der Waals surface area contributed by atoms with E-state index in [1.165, 1.54) is 11.8 Å². The lowest BCUT2D eigenvalue weighted by molar-refractivity contribution is 0.604. The van der Waals surface area contributed by atoms with Crippen LogP contribution in [0.3, 0.4) is 0 Å². The molecule has 0 bridgehead atoms. The number of hydrogen-bond acceptors (Lipinski definition) is 1. The summed E-state index contributed by atoms with van der Waals surface area (Å²) in [6, 6.07) is 5.25. The minimum absolute atomic E-state index is 0.144. The van der Waals surface area contributed by atoms with Crippen molar-refractivity contribution in [3.05, 3.63) is 30.2 Å². The maximum absolute atomic E-state index is 13.2. The molecule has 0 atom stereocenters. The van der Waals surface area contributed by atoms with Crippen LogP contribution in [0.5, 0.6) is 0 Å². The van der Waals surface area contributed by atoms with Crippen molar-refractivity contribution in [2.45, 2.75) is 4.90 Å². The molecule has 1 aromatic heterocycles. The number of halogens is 1. The molecule has 1 aromatic carbocycles. The van der Waals surface area contributed by atoms with Gasteiger partial charge in [-0.15, -0.1) is 11.8 Å². The van der Waals surface area contributed by atoms with E-state index >= 15 is 0 Å². The molecule has 0 fully saturated rings. The van der Waals surface area contributed by atoms with Gasteiger partial charge in [-0.05, 0) is 24.5 Å². The number of nitrogens with one attached hydrogen (secondary N) is 1. The summed E-state index contributed by atoms with van der Waals surface area (Å²) in [5, 5.41) is 0.922. The minimum Gasteiger partial charge on any atom is -0.361 e. The molecule has 62 valence electrons. The van der Waals surface area contributed by atoms with Crippen LogP contribution in [0.15, 0.2) is 29.3 Å². The van der Waals surface area contributed by atoms with Gasteiger partial charge in [0.15, 0.2) is 0 Å². The lowest BCUT2D eigenvalue weighted by atomic mass is 10.2. The van der Waals surface area contributed by atoms with Crippen LogP contribution in [0.1, 0.15) is 0 Å². The van der Waals surface area contributed by atoms with Gasteiger partial charge in [0, 0.05) is 22.0 Å². The average molecular weight is 181 g/mol. The van der Waals surface area contributed by atoms with Gasteiger partial charge in [-0.3, -0.25) is 0 Å². The Kier molecular flexibility index (Phi) is 1.81. The number of aromatic amines is 1. The lowest BCUT2D eigenvalue weighted by Crippen LogP contribution is -1.79. The number of rotatable bonds is 1. The minimum atomic E-state index is -0.144. The fraction of sp³-hybridized carbons (Fsp3) is 0.111. The van der Waals surface area contributed by atoms with Crippen LogP contribution in [-0.4, -0.2) is 11.2 Å². The Morgan fingerprint density at radius 2 is 2.25 bits per heavy atom. The molecule has 0 unspecified atom stereocenters. The molecule has 12 heavy (non-hydrogen) atoms. The quantitative estimate of drug-likeness (QED) is 0.668. The zero-order valence-electron chi connectivity index (χ0n) is 6.60. The Hall–Kier alpha value is -0.960. The van der Waals surface area contributed by atoms with Gasteiger partial charge in [0.1, 0.15) is 5.82 Å². The first kappa shape index (κ1) is 7.68. The Balaban J connectivity index is 2.73. The van der Waals surface area contributed by atoms with Crippen LogP contribution < -0.4 is 0 Å². The van der Waals surface area contributed by atoms with Crippen LogP contribution in [0.4, 0.5) is 4.39 Å². The zero-order valence-corrected chi connectivity index (χ0v) is 7.41. The molecule has 0 aliphatic rings. The first-order valence-corrected chi connectivity index (χ1v) is 4.84. The van der Waals surface area contributed by atoms with E-state index in [0.29, 0.717) is 4.90 Å². The normalized spacial score (nSPS) is 10.8. The van der Waals surface area contributed by atoms with E-state index in [-0.39, 0.29) is 5.82 Å². The van der Waals surface area contributed by atoms with E-state index in [1.54, 1.807) is 6.07 Å². The average Bonchev–Trinajstić information content (AvgIpc) is 2.49. The summed E-state index contributed by atoms with van der Waals surface area (Å²) >= 11 is 1.42. The molecule has 0 aliphatic heterocycles.